The van der Waals surface area contributed by atoms with Crippen molar-refractivity contribution in [1.82, 2.24) is 5.32 Å². The van der Waals surface area contributed by atoms with Gasteiger partial charge in [-0.1, -0.05) is 84.0 Å². The molecular formula is C19H39N. The molecule has 0 spiro atoms. The molecule has 1 aliphatic rings. The maximum absolute atomic E-state index is 3.79. The van der Waals surface area contributed by atoms with E-state index in [9.17, 15) is 0 Å². The highest BCUT2D eigenvalue weighted by Gasteiger charge is 2.23. The Bertz CT molecular complexity index is 204. The highest BCUT2D eigenvalue weighted by Crippen LogP contribution is 2.24. The summed E-state index contributed by atoms with van der Waals surface area (Å²) in [6.45, 7) is 5.99. The van der Waals surface area contributed by atoms with Gasteiger partial charge < -0.3 is 5.32 Å². The van der Waals surface area contributed by atoms with E-state index in [1.807, 2.05) is 0 Å². The van der Waals surface area contributed by atoms with Gasteiger partial charge in [-0.25, -0.2) is 0 Å². The molecule has 120 valence electrons. The Kier molecular flexibility index (Phi) is 10.4. The van der Waals surface area contributed by atoms with Crippen LogP contribution in [0, 0.1) is 0 Å². The van der Waals surface area contributed by atoms with Gasteiger partial charge in [0.1, 0.15) is 0 Å². The molecule has 20 heavy (non-hydrogen) atoms. The summed E-state index contributed by atoms with van der Waals surface area (Å²) in [5.41, 5.74) is 0.455. The number of rotatable bonds is 11. The quantitative estimate of drug-likeness (QED) is 0.443. The Balaban J connectivity index is 1.88. The number of hydrogen-bond acceptors (Lipinski definition) is 1. The zero-order valence-electron chi connectivity index (χ0n) is 14.3. The standard InChI is InChI=1S/C19H39N/c1-3-4-5-6-7-8-9-10-11-13-16-19(2)17-14-12-15-18-20-19/h20H,3-18H2,1-2H3. The molecule has 0 aromatic carbocycles. The second-order valence-electron chi connectivity index (χ2n) is 7.23. The lowest BCUT2D eigenvalue weighted by Crippen LogP contribution is -2.41. The third-order valence-electron chi connectivity index (χ3n) is 5.04. The second kappa shape index (κ2) is 11.6. The van der Waals surface area contributed by atoms with E-state index in [0.717, 1.165) is 0 Å². The predicted molar refractivity (Wildman–Crippen MR) is 91.3 cm³/mol. The molecule has 0 saturated carbocycles. The summed E-state index contributed by atoms with van der Waals surface area (Å²) in [4.78, 5) is 0. The van der Waals surface area contributed by atoms with Gasteiger partial charge in [0.15, 0.2) is 0 Å². The molecule has 1 N–H and O–H groups in total. The molecule has 1 heterocycles. The van der Waals surface area contributed by atoms with Crippen molar-refractivity contribution in [3.8, 4) is 0 Å². The summed E-state index contributed by atoms with van der Waals surface area (Å²) < 4.78 is 0. The molecule has 1 unspecified atom stereocenters. The van der Waals surface area contributed by atoms with E-state index in [0.29, 0.717) is 5.54 Å². The van der Waals surface area contributed by atoms with Gasteiger partial charge in [-0.3, -0.25) is 0 Å². The molecule has 0 amide bonds. The van der Waals surface area contributed by atoms with Gasteiger partial charge in [-0.2, -0.15) is 0 Å². The number of unbranched alkanes of at least 4 members (excludes halogenated alkanes) is 9. The molecule has 1 atom stereocenters. The summed E-state index contributed by atoms with van der Waals surface area (Å²) in [7, 11) is 0. The van der Waals surface area contributed by atoms with Crippen molar-refractivity contribution in [3.05, 3.63) is 0 Å². The highest BCUT2D eigenvalue weighted by atomic mass is 15.0. The van der Waals surface area contributed by atoms with Crippen molar-refractivity contribution in [1.29, 1.82) is 0 Å². The Morgan fingerprint density at radius 3 is 2.00 bits per heavy atom. The first-order chi connectivity index (χ1) is 9.77. The van der Waals surface area contributed by atoms with Crippen molar-refractivity contribution in [3.63, 3.8) is 0 Å². The number of nitrogens with one attached hydrogen (secondary N) is 1. The third-order valence-corrected chi connectivity index (χ3v) is 5.04. The van der Waals surface area contributed by atoms with Crippen LogP contribution in [0.4, 0.5) is 0 Å². The largest absolute Gasteiger partial charge is 0.312 e. The molecule has 1 rings (SSSR count). The van der Waals surface area contributed by atoms with Gasteiger partial charge in [0.25, 0.3) is 0 Å². The van der Waals surface area contributed by atoms with Crippen LogP contribution >= 0.6 is 0 Å². The minimum Gasteiger partial charge on any atom is -0.312 e. The van der Waals surface area contributed by atoms with Gasteiger partial charge in [0, 0.05) is 5.54 Å². The fourth-order valence-corrected chi connectivity index (χ4v) is 3.51. The molecule has 1 saturated heterocycles. The average molecular weight is 282 g/mol. The molecular weight excluding hydrogens is 242 g/mol. The van der Waals surface area contributed by atoms with Gasteiger partial charge in [-0.15, -0.1) is 0 Å². The SMILES string of the molecule is CCCCCCCCCCCCC1(C)CCCCCN1. The maximum atomic E-state index is 3.79. The first kappa shape index (κ1) is 18.0. The fourth-order valence-electron chi connectivity index (χ4n) is 3.51. The second-order valence-corrected chi connectivity index (χ2v) is 7.23. The van der Waals surface area contributed by atoms with Gasteiger partial charge in [-0.05, 0) is 32.7 Å². The molecule has 0 radical (unpaired) electrons. The van der Waals surface area contributed by atoms with Crippen molar-refractivity contribution in [2.24, 2.45) is 0 Å². The van der Waals surface area contributed by atoms with E-state index in [1.165, 1.54) is 103 Å². The third kappa shape index (κ3) is 9.00. The van der Waals surface area contributed by atoms with Crippen molar-refractivity contribution >= 4 is 0 Å². The summed E-state index contributed by atoms with van der Waals surface area (Å²) in [6, 6.07) is 0. The first-order valence-corrected chi connectivity index (χ1v) is 9.52. The van der Waals surface area contributed by atoms with Gasteiger partial charge >= 0.3 is 0 Å². The Hall–Kier alpha value is -0.0400. The first-order valence-electron chi connectivity index (χ1n) is 9.52. The maximum Gasteiger partial charge on any atom is 0.0153 e. The molecule has 1 nitrogen and oxygen atoms in total. The number of hydrogen-bond donors (Lipinski definition) is 1. The molecule has 0 bridgehead atoms. The minimum atomic E-state index is 0.455. The van der Waals surface area contributed by atoms with E-state index >= 15 is 0 Å². The smallest absolute Gasteiger partial charge is 0.0153 e. The highest BCUT2D eigenvalue weighted by molar-refractivity contribution is 4.84. The summed E-state index contributed by atoms with van der Waals surface area (Å²) >= 11 is 0. The van der Waals surface area contributed by atoms with Crippen LogP contribution in [0.25, 0.3) is 0 Å². The van der Waals surface area contributed by atoms with Crippen molar-refractivity contribution in [2.45, 2.75) is 116 Å². The van der Waals surface area contributed by atoms with Gasteiger partial charge in [0.05, 0.1) is 0 Å². The van der Waals surface area contributed by atoms with Crippen molar-refractivity contribution in [2.75, 3.05) is 6.54 Å². The van der Waals surface area contributed by atoms with E-state index in [2.05, 4.69) is 19.2 Å². The van der Waals surface area contributed by atoms with Crippen LogP contribution in [0.2, 0.25) is 0 Å². The lowest BCUT2D eigenvalue weighted by Gasteiger charge is -2.29. The van der Waals surface area contributed by atoms with E-state index in [1.54, 1.807) is 0 Å². The molecule has 1 aliphatic heterocycles. The average Bonchev–Trinajstić information content (AvgIpc) is 2.66. The Labute approximate surface area is 128 Å². The van der Waals surface area contributed by atoms with Gasteiger partial charge in [0.2, 0.25) is 0 Å². The Morgan fingerprint density at radius 1 is 0.750 bits per heavy atom. The zero-order chi connectivity index (χ0) is 14.5. The zero-order valence-corrected chi connectivity index (χ0v) is 14.3. The summed E-state index contributed by atoms with van der Waals surface area (Å²) in [5, 5.41) is 3.79. The van der Waals surface area contributed by atoms with Crippen LogP contribution in [-0.2, 0) is 0 Å². The fraction of sp³-hybridized carbons (Fsp3) is 1.00. The van der Waals surface area contributed by atoms with Crippen LogP contribution in [0.5, 0.6) is 0 Å². The van der Waals surface area contributed by atoms with Crippen molar-refractivity contribution < 1.29 is 0 Å². The molecule has 0 aromatic rings. The summed E-state index contributed by atoms with van der Waals surface area (Å²) in [5.74, 6) is 0. The molecule has 1 heteroatoms. The minimum absolute atomic E-state index is 0.455. The van der Waals surface area contributed by atoms with Crippen LogP contribution in [0.15, 0.2) is 0 Å². The normalized spacial score (nSPS) is 23.7. The van der Waals surface area contributed by atoms with E-state index in [4.69, 9.17) is 0 Å². The molecule has 0 aromatic heterocycles. The van der Waals surface area contributed by atoms with Crippen LogP contribution in [0.3, 0.4) is 0 Å². The lowest BCUT2D eigenvalue weighted by atomic mass is 9.89. The monoisotopic (exact) mass is 281 g/mol. The van der Waals surface area contributed by atoms with E-state index < -0.39 is 0 Å². The molecule has 0 aliphatic carbocycles. The van der Waals surface area contributed by atoms with Crippen LogP contribution in [0.1, 0.15) is 110 Å². The lowest BCUT2D eigenvalue weighted by molar-refractivity contribution is 0.311. The Morgan fingerprint density at radius 2 is 1.35 bits per heavy atom. The van der Waals surface area contributed by atoms with Crippen LogP contribution in [-0.4, -0.2) is 12.1 Å². The molecule has 1 fully saturated rings. The summed E-state index contributed by atoms with van der Waals surface area (Å²) in [6.07, 6.45) is 21.5. The van der Waals surface area contributed by atoms with E-state index in [-0.39, 0.29) is 0 Å². The topological polar surface area (TPSA) is 12.0 Å². The predicted octanol–water partition coefficient (Wildman–Crippen LogP) is 6.22. The van der Waals surface area contributed by atoms with Crippen LogP contribution < -0.4 is 5.32 Å².